The van der Waals surface area contributed by atoms with Crippen LogP contribution in [0.2, 0.25) is 0 Å². The van der Waals surface area contributed by atoms with Gasteiger partial charge in [-0.15, -0.1) is 11.3 Å². The number of carbonyl (C=O) groups is 1. The minimum absolute atomic E-state index is 0.0346. The summed E-state index contributed by atoms with van der Waals surface area (Å²) in [5, 5.41) is 5.00. The second kappa shape index (κ2) is 7.89. The Morgan fingerprint density at radius 2 is 2.00 bits per heavy atom. The van der Waals surface area contributed by atoms with Crippen LogP contribution in [-0.2, 0) is 17.6 Å². The fourth-order valence-corrected chi connectivity index (χ4v) is 4.48. The standard InChI is InChI=1S/C22H20BrN3OS/c1-3-15-4-6-16(7-5-15)20-12-26-18(13-28-22(26)25-20)11-21(27)24-19-9-8-17(23)10-14(19)2/h4-10,12-13H,3,11H2,1-2H3,(H,24,27). The molecule has 142 valence electrons. The lowest BCUT2D eigenvalue weighted by Crippen LogP contribution is -2.16. The number of amides is 1. The summed E-state index contributed by atoms with van der Waals surface area (Å²) in [4.78, 5) is 18.2. The van der Waals surface area contributed by atoms with Gasteiger partial charge in [0.2, 0.25) is 5.91 Å². The molecule has 6 heteroatoms. The summed E-state index contributed by atoms with van der Waals surface area (Å²) in [6, 6.07) is 14.3. The molecule has 2 aromatic heterocycles. The highest BCUT2D eigenvalue weighted by Crippen LogP contribution is 2.25. The second-order valence-corrected chi connectivity index (χ2v) is 8.49. The van der Waals surface area contributed by atoms with Gasteiger partial charge in [-0.05, 0) is 42.7 Å². The monoisotopic (exact) mass is 453 g/mol. The van der Waals surface area contributed by atoms with Gasteiger partial charge in [-0.25, -0.2) is 4.98 Å². The summed E-state index contributed by atoms with van der Waals surface area (Å²) in [5.74, 6) is -0.0346. The number of anilines is 1. The van der Waals surface area contributed by atoms with Crippen LogP contribution in [0.4, 0.5) is 5.69 Å². The molecule has 4 nitrogen and oxygen atoms in total. The Bertz CT molecular complexity index is 1140. The van der Waals surface area contributed by atoms with Gasteiger partial charge in [-0.1, -0.05) is 47.1 Å². The van der Waals surface area contributed by atoms with Crippen LogP contribution in [0.15, 0.2) is 58.5 Å². The van der Waals surface area contributed by atoms with Crippen molar-refractivity contribution in [3.8, 4) is 11.3 Å². The Labute approximate surface area is 176 Å². The maximum atomic E-state index is 12.6. The Kier molecular flexibility index (Phi) is 5.33. The number of aryl methyl sites for hydroxylation is 2. The van der Waals surface area contributed by atoms with Gasteiger partial charge < -0.3 is 5.32 Å². The van der Waals surface area contributed by atoms with Gasteiger partial charge in [0.05, 0.1) is 12.1 Å². The number of hydrogen-bond donors (Lipinski definition) is 1. The molecule has 0 bridgehead atoms. The molecule has 0 fully saturated rings. The lowest BCUT2D eigenvalue weighted by molar-refractivity contribution is -0.115. The smallest absolute Gasteiger partial charge is 0.230 e. The molecule has 0 unspecified atom stereocenters. The van der Waals surface area contributed by atoms with E-state index in [1.165, 1.54) is 5.56 Å². The Morgan fingerprint density at radius 1 is 1.21 bits per heavy atom. The predicted molar refractivity (Wildman–Crippen MR) is 119 cm³/mol. The first kappa shape index (κ1) is 18.9. The molecule has 28 heavy (non-hydrogen) atoms. The van der Waals surface area contributed by atoms with E-state index in [2.05, 4.69) is 52.4 Å². The Morgan fingerprint density at radius 3 is 2.71 bits per heavy atom. The molecular weight excluding hydrogens is 434 g/mol. The summed E-state index contributed by atoms with van der Waals surface area (Å²) in [6.07, 6.45) is 3.34. The molecule has 4 aromatic rings. The summed E-state index contributed by atoms with van der Waals surface area (Å²) < 4.78 is 3.02. The number of carbonyl (C=O) groups excluding carboxylic acids is 1. The number of hydrogen-bond acceptors (Lipinski definition) is 3. The maximum Gasteiger partial charge on any atom is 0.230 e. The quantitative estimate of drug-likeness (QED) is 0.410. The van der Waals surface area contributed by atoms with Gasteiger partial charge in [0.1, 0.15) is 0 Å². The van der Waals surface area contributed by atoms with E-state index in [4.69, 9.17) is 4.98 Å². The highest BCUT2D eigenvalue weighted by molar-refractivity contribution is 9.10. The van der Waals surface area contributed by atoms with Gasteiger partial charge in [-0.2, -0.15) is 0 Å². The molecule has 0 atom stereocenters. The molecule has 1 amide bonds. The van der Waals surface area contributed by atoms with Crippen LogP contribution in [0.3, 0.4) is 0 Å². The lowest BCUT2D eigenvalue weighted by atomic mass is 10.1. The van der Waals surface area contributed by atoms with Crippen molar-refractivity contribution in [2.75, 3.05) is 5.32 Å². The van der Waals surface area contributed by atoms with Crippen molar-refractivity contribution in [1.82, 2.24) is 9.38 Å². The van der Waals surface area contributed by atoms with Gasteiger partial charge in [0.25, 0.3) is 0 Å². The Hall–Kier alpha value is -2.44. The predicted octanol–water partition coefficient (Wildman–Crippen LogP) is 5.88. The maximum absolute atomic E-state index is 12.6. The number of thiazole rings is 1. The number of nitrogens with one attached hydrogen (secondary N) is 1. The van der Waals surface area contributed by atoms with Crippen molar-refractivity contribution in [2.45, 2.75) is 26.7 Å². The van der Waals surface area contributed by atoms with E-state index < -0.39 is 0 Å². The first-order valence-corrected chi connectivity index (χ1v) is 10.8. The van der Waals surface area contributed by atoms with Crippen LogP contribution in [0, 0.1) is 6.92 Å². The van der Waals surface area contributed by atoms with Crippen LogP contribution < -0.4 is 5.32 Å². The number of imidazole rings is 1. The van der Waals surface area contributed by atoms with E-state index in [0.29, 0.717) is 6.42 Å². The molecule has 2 heterocycles. The van der Waals surface area contributed by atoms with Crippen molar-refractivity contribution in [3.05, 3.63) is 75.3 Å². The number of fused-ring (bicyclic) bond motifs is 1. The normalized spacial score (nSPS) is 11.1. The van der Waals surface area contributed by atoms with E-state index in [-0.39, 0.29) is 5.91 Å². The van der Waals surface area contributed by atoms with Gasteiger partial charge in [-0.3, -0.25) is 9.20 Å². The second-order valence-electron chi connectivity index (χ2n) is 6.74. The van der Waals surface area contributed by atoms with Gasteiger partial charge in [0, 0.05) is 33.0 Å². The number of halogens is 1. The minimum Gasteiger partial charge on any atom is -0.326 e. The van der Waals surface area contributed by atoms with Gasteiger partial charge >= 0.3 is 0 Å². The third-order valence-corrected chi connectivity index (χ3v) is 6.13. The lowest BCUT2D eigenvalue weighted by Gasteiger charge is -2.08. The average Bonchev–Trinajstić information content (AvgIpc) is 3.26. The highest BCUT2D eigenvalue weighted by Gasteiger charge is 2.13. The van der Waals surface area contributed by atoms with Crippen molar-refractivity contribution >= 4 is 43.8 Å². The van der Waals surface area contributed by atoms with Crippen LogP contribution in [0.25, 0.3) is 16.2 Å². The highest BCUT2D eigenvalue weighted by atomic mass is 79.9. The molecule has 4 rings (SSSR count). The molecule has 0 aliphatic rings. The van der Waals surface area contributed by atoms with Crippen molar-refractivity contribution in [3.63, 3.8) is 0 Å². The molecule has 0 spiro atoms. The molecule has 0 saturated carbocycles. The van der Waals surface area contributed by atoms with Crippen LogP contribution in [0.1, 0.15) is 23.7 Å². The summed E-state index contributed by atoms with van der Waals surface area (Å²) in [5.41, 5.74) is 6.14. The zero-order valence-corrected chi connectivity index (χ0v) is 18.1. The van der Waals surface area contributed by atoms with Gasteiger partial charge in [0.15, 0.2) is 4.96 Å². The van der Waals surface area contributed by atoms with E-state index in [1.807, 2.05) is 41.1 Å². The topological polar surface area (TPSA) is 46.4 Å². The van der Waals surface area contributed by atoms with Crippen molar-refractivity contribution < 1.29 is 4.79 Å². The van der Waals surface area contributed by atoms with E-state index in [9.17, 15) is 4.79 Å². The van der Waals surface area contributed by atoms with E-state index in [1.54, 1.807) is 11.3 Å². The summed E-state index contributed by atoms with van der Waals surface area (Å²) in [6.45, 7) is 4.13. The largest absolute Gasteiger partial charge is 0.326 e. The van der Waals surface area contributed by atoms with Crippen LogP contribution in [0.5, 0.6) is 0 Å². The SMILES string of the molecule is CCc1ccc(-c2cn3c(CC(=O)Nc4ccc(Br)cc4C)csc3n2)cc1. The van der Waals surface area contributed by atoms with E-state index >= 15 is 0 Å². The molecule has 0 aliphatic carbocycles. The Balaban J connectivity index is 1.54. The first-order valence-electron chi connectivity index (χ1n) is 9.14. The molecule has 0 saturated heterocycles. The zero-order valence-electron chi connectivity index (χ0n) is 15.7. The average molecular weight is 454 g/mol. The number of aromatic nitrogens is 2. The molecular formula is C22H20BrN3OS. The third kappa shape index (κ3) is 3.88. The summed E-state index contributed by atoms with van der Waals surface area (Å²) >= 11 is 5.00. The minimum atomic E-state index is -0.0346. The first-order chi connectivity index (χ1) is 13.5. The van der Waals surface area contributed by atoms with E-state index in [0.717, 1.165) is 44.1 Å². The van der Waals surface area contributed by atoms with Crippen LogP contribution in [-0.4, -0.2) is 15.3 Å². The van der Waals surface area contributed by atoms with Crippen molar-refractivity contribution in [2.24, 2.45) is 0 Å². The zero-order chi connectivity index (χ0) is 19.7. The molecule has 0 radical (unpaired) electrons. The third-order valence-electron chi connectivity index (χ3n) is 4.75. The van der Waals surface area contributed by atoms with Crippen molar-refractivity contribution in [1.29, 1.82) is 0 Å². The number of benzene rings is 2. The number of rotatable bonds is 5. The van der Waals surface area contributed by atoms with Crippen LogP contribution >= 0.6 is 27.3 Å². The number of nitrogens with zero attached hydrogens (tertiary/aromatic N) is 2. The molecule has 0 aliphatic heterocycles. The summed E-state index contributed by atoms with van der Waals surface area (Å²) in [7, 11) is 0. The molecule has 2 aromatic carbocycles. The molecule has 1 N–H and O–H groups in total. The fraction of sp³-hybridized carbons (Fsp3) is 0.182. The fourth-order valence-electron chi connectivity index (χ4n) is 3.13.